The summed E-state index contributed by atoms with van der Waals surface area (Å²) in [7, 11) is 0. The standard InChI is InChI=1S/C10H14BrNO/c11-7-5-9-8(10(13)6-7)3-1-2-4-12-9/h5-6,8-9,12-13H,1-4H2. The summed E-state index contributed by atoms with van der Waals surface area (Å²) in [5, 5.41) is 13.2. The van der Waals surface area contributed by atoms with E-state index in [-0.39, 0.29) is 0 Å². The lowest BCUT2D eigenvalue weighted by atomic mass is 9.90. The molecule has 1 aliphatic carbocycles. The average Bonchev–Trinajstić information content (AvgIpc) is 2.28. The van der Waals surface area contributed by atoms with Gasteiger partial charge in [-0.2, -0.15) is 0 Å². The minimum absolute atomic E-state index is 0.295. The van der Waals surface area contributed by atoms with Gasteiger partial charge in [-0.3, -0.25) is 0 Å². The van der Waals surface area contributed by atoms with Gasteiger partial charge in [-0.15, -0.1) is 0 Å². The lowest BCUT2D eigenvalue weighted by Gasteiger charge is -2.25. The number of fused-ring (bicyclic) bond motifs is 1. The van der Waals surface area contributed by atoms with Gasteiger partial charge in [0, 0.05) is 16.4 Å². The normalized spacial score (nSPS) is 34.2. The molecule has 2 rings (SSSR count). The first kappa shape index (κ1) is 9.28. The van der Waals surface area contributed by atoms with Crippen molar-refractivity contribution in [2.24, 2.45) is 5.92 Å². The van der Waals surface area contributed by atoms with Crippen molar-refractivity contribution < 1.29 is 5.11 Å². The molecule has 1 aliphatic heterocycles. The monoisotopic (exact) mass is 243 g/mol. The second kappa shape index (κ2) is 3.84. The first-order valence-electron chi connectivity index (χ1n) is 4.78. The van der Waals surface area contributed by atoms with Crippen molar-refractivity contribution in [3.8, 4) is 0 Å². The molecule has 0 spiro atoms. The van der Waals surface area contributed by atoms with Crippen LogP contribution < -0.4 is 5.32 Å². The lowest BCUT2D eigenvalue weighted by molar-refractivity contribution is 0.291. The molecule has 1 fully saturated rings. The Bertz CT molecular complexity index is 260. The second-order valence-corrected chi connectivity index (χ2v) is 4.62. The smallest absolute Gasteiger partial charge is 0.0983 e. The number of hydrogen-bond acceptors (Lipinski definition) is 2. The highest BCUT2D eigenvalue weighted by Gasteiger charge is 2.27. The van der Waals surface area contributed by atoms with Gasteiger partial charge in [-0.1, -0.05) is 28.4 Å². The SMILES string of the molecule is OC1=CC(Br)=CC2NCCCCC12. The van der Waals surface area contributed by atoms with E-state index < -0.39 is 0 Å². The summed E-state index contributed by atoms with van der Waals surface area (Å²) in [6.07, 6.45) is 7.48. The van der Waals surface area contributed by atoms with Gasteiger partial charge in [0.1, 0.15) is 0 Å². The van der Waals surface area contributed by atoms with E-state index in [0.29, 0.717) is 17.7 Å². The minimum Gasteiger partial charge on any atom is -0.512 e. The van der Waals surface area contributed by atoms with Crippen LogP contribution in [-0.4, -0.2) is 17.7 Å². The second-order valence-electron chi connectivity index (χ2n) is 3.70. The molecule has 2 aliphatic rings. The molecule has 1 saturated heterocycles. The zero-order valence-corrected chi connectivity index (χ0v) is 9.05. The van der Waals surface area contributed by atoms with Gasteiger partial charge in [0.15, 0.2) is 0 Å². The quantitative estimate of drug-likeness (QED) is 0.686. The number of nitrogens with one attached hydrogen (secondary N) is 1. The molecule has 2 unspecified atom stereocenters. The van der Waals surface area contributed by atoms with Crippen LogP contribution in [0.15, 0.2) is 22.4 Å². The maximum Gasteiger partial charge on any atom is 0.0983 e. The molecule has 0 aromatic heterocycles. The van der Waals surface area contributed by atoms with Crippen LogP contribution in [0.2, 0.25) is 0 Å². The van der Waals surface area contributed by atoms with E-state index in [9.17, 15) is 5.11 Å². The van der Waals surface area contributed by atoms with Crippen LogP contribution in [0.4, 0.5) is 0 Å². The van der Waals surface area contributed by atoms with Crippen molar-refractivity contribution in [1.29, 1.82) is 0 Å². The summed E-state index contributed by atoms with van der Waals surface area (Å²) in [6, 6.07) is 0.321. The van der Waals surface area contributed by atoms with Crippen molar-refractivity contribution in [3.63, 3.8) is 0 Å². The molecule has 2 atom stereocenters. The Hall–Kier alpha value is -0.280. The molecule has 0 amide bonds. The maximum absolute atomic E-state index is 9.75. The first-order chi connectivity index (χ1) is 6.27. The highest BCUT2D eigenvalue weighted by molar-refractivity contribution is 9.11. The number of aliphatic hydroxyl groups is 1. The highest BCUT2D eigenvalue weighted by Crippen LogP contribution is 2.30. The van der Waals surface area contributed by atoms with Crippen LogP contribution in [0.1, 0.15) is 19.3 Å². The predicted octanol–water partition coefficient (Wildman–Crippen LogP) is 2.48. The van der Waals surface area contributed by atoms with Crippen LogP contribution in [0.5, 0.6) is 0 Å². The van der Waals surface area contributed by atoms with Crippen LogP contribution in [0, 0.1) is 5.92 Å². The number of aliphatic hydroxyl groups excluding tert-OH is 1. The van der Waals surface area contributed by atoms with E-state index in [2.05, 4.69) is 27.3 Å². The van der Waals surface area contributed by atoms with E-state index in [0.717, 1.165) is 17.4 Å². The van der Waals surface area contributed by atoms with Gasteiger partial charge in [0.25, 0.3) is 0 Å². The molecular weight excluding hydrogens is 230 g/mol. The van der Waals surface area contributed by atoms with Crippen molar-refractivity contribution in [1.82, 2.24) is 5.32 Å². The van der Waals surface area contributed by atoms with Gasteiger partial charge in [-0.05, 0) is 25.5 Å². The highest BCUT2D eigenvalue weighted by atomic mass is 79.9. The van der Waals surface area contributed by atoms with Gasteiger partial charge in [0.05, 0.1) is 5.76 Å². The molecule has 0 aromatic rings. The van der Waals surface area contributed by atoms with Crippen molar-refractivity contribution in [2.45, 2.75) is 25.3 Å². The molecule has 2 nitrogen and oxygen atoms in total. The predicted molar refractivity (Wildman–Crippen MR) is 56.9 cm³/mol. The van der Waals surface area contributed by atoms with Crippen LogP contribution in [-0.2, 0) is 0 Å². The van der Waals surface area contributed by atoms with E-state index in [1.165, 1.54) is 12.8 Å². The summed E-state index contributed by atoms with van der Waals surface area (Å²) in [4.78, 5) is 0. The number of allylic oxidation sites excluding steroid dienone is 2. The Labute approximate surface area is 86.8 Å². The summed E-state index contributed by atoms with van der Waals surface area (Å²) in [5.41, 5.74) is 0. The zero-order valence-electron chi connectivity index (χ0n) is 7.46. The Balaban J connectivity index is 2.20. The molecule has 0 saturated carbocycles. The van der Waals surface area contributed by atoms with E-state index in [4.69, 9.17) is 0 Å². The Kier molecular flexibility index (Phi) is 2.74. The molecule has 72 valence electrons. The van der Waals surface area contributed by atoms with Gasteiger partial charge < -0.3 is 10.4 Å². The third-order valence-electron chi connectivity index (χ3n) is 2.76. The first-order valence-corrected chi connectivity index (χ1v) is 5.58. The molecule has 2 N–H and O–H groups in total. The fourth-order valence-corrected chi connectivity index (χ4v) is 2.57. The summed E-state index contributed by atoms with van der Waals surface area (Å²) in [5.74, 6) is 0.817. The Morgan fingerprint density at radius 3 is 3.15 bits per heavy atom. The van der Waals surface area contributed by atoms with E-state index in [1.54, 1.807) is 0 Å². The molecule has 3 heteroatoms. The fraction of sp³-hybridized carbons (Fsp3) is 0.600. The maximum atomic E-state index is 9.75. The summed E-state index contributed by atoms with van der Waals surface area (Å²) in [6.45, 7) is 1.06. The third-order valence-corrected chi connectivity index (χ3v) is 3.25. The number of hydrogen-bond donors (Lipinski definition) is 2. The lowest BCUT2D eigenvalue weighted by Crippen LogP contribution is -2.35. The fourth-order valence-electron chi connectivity index (χ4n) is 2.05. The largest absolute Gasteiger partial charge is 0.512 e. The Morgan fingerprint density at radius 1 is 1.46 bits per heavy atom. The average molecular weight is 244 g/mol. The van der Waals surface area contributed by atoms with Crippen LogP contribution in [0.25, 0.3) is 0 Å². The summed E-state index contributed by atoms with van der Waals surface area (Å²) >= 11 is 3.40. The molecule has 1 heterocycles. The number of rotatable bonds is 0. The molecular formula is C10H14BrNO. The molecule has 0 bridgehead atoms. The van der Waals surface area contributed by atoms with Crippen LogP contribution >= 0.6 is 15.9 Å². The summed E-state index contributed by atoms with van der Waals surface area (Å²) < 4.78 is 0.987. The van der Waals surface area contributed by atoms with Crippen LogP contribution in [0.3, 0.4) is 0 Å². The van der Waals surface area contributed by atoms with Crippen molar-refractivity contribution >= 4 is 15.9 Å². The van der Waals surface area contributed by atoms with Gasteiger partial charge in [-0.25, -0.2) is 0 Å². The topological polar surface area (TPSA) is 32.3 Å². The molecule has 0 radical (unpaired) electrons. The van der Waals surface area contributed by atoms with E-state index >= 15 is 0 Å². The van der Waals surface area contributed by atoms with Gasteiger partial charge >= 0.3 is 0 Å². The van der Waals surface area contributed by atoms with Crippen molar-refractivity contribution in [3.05, 3.63) is 22.4 Å². The zero-order chi connectivity index (χ0) is 9.26. The molecule has 0 aromatic carbocycles. The van der Waals surface area contributed by atoms with Crippen molar-refractivity contribution in [2.75, 3.05) is 6.54 Å². The third kappa shape index (κ3) is 1.97. The Morgan fingerprint density at radius 2 is 2.31 bits per heavy atom. The van der Waals surface area contributed by atoms with Gasteiger partial charge in [0.2, 0.25) is 0 Å². The number of halogens is 1. The van der Waals surface area contributed by atoms with E-state index in [1.807, 2.05) is 6.08 Å². The minimum atomic E-state index is 0.295. The molecule has 13 heavy (non-hydrogen) atoms.